The van der Waals surface area contributed by atoms with Crippen LogP contribution in [0, 0.1) is 0 Å². The van der Waals surface area contributed by atoms with Gasteiger partial charge in [0.05, 0.1) is 30.7 Å². The minimum Gasteiger partial charge on any atom is -0.392 e. The van der Waals surface area contributed by atoms with Gasteiger partial charge in [-0.25, -0.2) is 0 Å². The minimum absolute atomic E-state index is 0.0322. The molecule has 0 spiro atoms. The Bertz CT molecular complexity index is 683. The maximum Gasteiger partial charge on any atom is 0.166 e. The van der Waals surface area contributed by atoms with Crippen molar-refractivity contribution in [3.05, 3.63) is 89.5 Å². The Balaban J connectivity index is 2.04. The average Bonchev–Trinajstić information content (AvgIpc) is 2.70. The molecule has 3 nitrogen and oxygen atoms in total. The molecule has 0 aliphatic carbocycles. The first-order valence-electron chi connectivity index (χ1n) is 8.09. The highest BCUT2D eigenvalue weighted by Crippen LogP contribution is 2.31. The molecule has 0 radical (unpaired) electrons. The molecule has 0 amide bonds. The van der Waals surface area contributed by atoms with Crippen molar-refractivity contribution in [1.29, 1.82) is 0 Å². The van der Waals surface area contributed by atoms with Crippen LogP contribution in [0.4, 0.5) is 0 Å². The van der Waals surface area contributed by atoms with Crippen molar-refractivity contribution >= 4 is 10.9 Å². The highest BCUT2D eigenvalue weighted by molar-refractivity contribution is 7.97. The van der Waals surface area contributed by atoms with Gasteiger partial charge >= 0.3 is 0 Å². The summed E-state index contributed by atoms with van der Waals surface area (Å²) in [6.07, 6.45) is 0. The summed E-state index contributed by atoms with van der Waals surface area (Å²) >= 11 is 0. The van der Waals surface area contributed by atoms with Crippen LogP contribution in [0.25, 0.3) is 0 Å². The summed E-state index contributed by atoms with van der Waals surface area (Å²) < 4.78 is 0. The summed E-state index contributed by atoms with van der Waals surface area (Å²) in [7, 11) is -0.290. The topological polar surface area (TPSA) is 60.7 Å². The third kappa shape index (κ3) is 4.11. The van der Waals surface area contributed by atoms with Crippen LogP contribution in [0.1, 0.15) is 16.7 Å². The Morgan fingerprint density at radius 1 is 0.440 bits per heavy atom. The summed E-state index contributed by atoms with van der Waals surface area (Å²) in [6, 6.07) is 24.0. The number of hydrogen-bond acceptors (Lipinski definition) is 3. The molecule has 0 saturated carbocycles. The molecule has 3 aromatic carbocycles. The van der Waals surface area contributed by atoms with Gasteiger partial charge in [-0.1, -0.05) is 36.4 Å². The highest BCUT2D eigenvalue weighted by Gasteiger charge is 2.28. The van der Waals surface area contributed by atoms with Crippen LogP contribution in [-0.4, -0.2) is 15.3 Å². The van der Waals surface area contributed by atoms with Gasteiger partial charge in [0.25, 0.3) is 0 Å². The Hall–Kier alpha value is -2.11. The second kappa shape index (κ2) is 8.32. The lowest BCUT2D eigenvalue weighted by Crippen LogP contribution is -2.05. The maximum atomic E-state index is 9.27. The van der Waals surface area contributed by atoms with E-state index in [1.807, 2.05) is 36.4 Å². The van der Waals surface area contributed by atoms with Crippen molar-refractivity contribution in [3.63, 3.8) is 0 Å². The molecular weight excluding hydrogens is 332 g/mol. The van der Waals surface area contributed by atoms with Crippen LogP contribution >= 0.6 is 0 Å². The zero-order valence-electron chi connectivity index (χ0n) is 13.8. The van der Waals surface area contributed by atoms with E-state index in [1.54, 1.807) is 0 Å². The molecule has 0 saturated heterocycles. The van der Waals surface area contributed by atoms with E-state index in [1.165, 1.54) is 0 Å². The van der Waals surface area contributed by atoms with Gasteiger partial charge in [-0.05, 0) is 53.1 Å². The quantitative estimate of drug-likeness (QED) is 0.596. The van der Waals surface area contributed by atoms with Crippen molar-refractivity contribution in [2.24, 2.45) is 0 Å². The van der Waals surface area contributed by atoms with E-state index in [-0.39, 0.29) is 30.7 Å². The van der Waals surface area contributed by atoms with Gasteiger partial charge in [0.1, 0.15) is 0 Å². The first kappa shape index (κ1) is 17.7. The standard InChI is InChI=1S/C21H21O3S/c22-13-16-1-7-19(8-2-16)25(20-9-3-17(14-23)4-10-20)21-11-5-18(15-24)6-12-21/h1-12,22-24H,13-15H2/q+1. The van der Waals surface area contributed by atoms with Crippen molar-refractivity contribution in [1.82, 2.24) is 0 Å². The zero-order chi connectivity index (χ0) is 17.6. The normalized spacial score (nSPS) is 11.0. The molecule has 3 rings (SSSR count). The molecule has 3 aromatic rings. The van der Waals surface area contributed by atoms with Gasteiger partial charge in [0.15, 0.2) is 14.7 Å². The van der Waals surface area contributed by atoms with E-state index in [0.717, 1.165) is 31.4 Å². The van der Waals surface area contributed by atoms with Gasteiger partial charge in [0, 0.05) is 0 Å². The van der Waals surface area contributed by atoms with Crippen LogP contribution in [0.5, 0.6) is 0 Å². The summed E-state index contributed by atoms with van der Waals surface area (Å²) in [6.45, 7) is 0.0966. The van der Waals surface area contributed by atoms with Crippen LogP contribution in [0.2, 0.25) is 0 Å². The van der Waals surface area contributed by atoms with Crippen molar-refractivity contribution in [2.45, 2.75) is 34.5 Å². The first-order valence-corrected chi connectivity index (χ1v) is 9.31. The van der Waals surface area contributed by atoms with E-state index in [2.05, 4.69) is 36.4 Å². The molecule has 0 aliphatic heterocycles. The number of rotatable bonds is 6. The molecule has 25 heavy (non-hydrogen) atoms. The molecular formula is C21H21O3S+. The molecule has 0 aromatic heterocycles. The van der Waals surface area contributed by atoms with Crippen LogP contribution in [-0.2, 0) is 30.7 Å². The first-order chi connectivity index (χ1) is 12.2. The van der Waals surface area contributed by atoms with Crippen LogP contribution in [0.3, 0.4) is 0 Å². The van der Waals surface area contributed by atoms with E-state index in [4.69, 9.17) is 0 Å². The predicted octanol–water partition coefficient (Wildman–Crippen LogP) is 3.26. The van der Waals surface area contributed by atoms with E-state index in [0.29, 0.717) is 0 Å². The van der Waals surface area contributed by atoms with Gasteiger partial charge in [0.2, 0.25) is 0 Å². The molecule has 0 atom stereocenters. The van der Waals surface area contributed by atoms with Crippen molar-refractivity contribution in [2.75, 3.05) is 0 Å². The summed E-state index contributed by atoms with van der Waals surface area (Å²) in [5.41, 5.74) is 2.66. The Morgan fingerprint density at radius 3 is 0.880 bits per heavy atom. The molecule has 0 fully saturated rings. The van der Waals surface area contributed by atoms with Gasteiger partial charge in [-0.3, -0.25) is 0 Å². The second-order valence-electron chi connectivity index (χ2n) is 5.71. The summed E-state index contributed by atoms with van der Waals surface area (Å²) in [5, 5.41) is 27.8. The lowest BCUT2D eigenvalue weighted by Gasteiger charge is -2.09. The van der Waals surface area contributed by atoms with Gasteiger partial charge in [-0.15, -0.1) is 0 Å². The van der Waals surface area contributed by atoms with Gasteiger partial charge < -0.3 is 15.3 Å². The molecule has 0 heterocycles. The summed E-state index contributed by atoms with van der Waals surface area (Å²) in [4.78, 5) is 3.47. The second-order valence-corrected chi connectivity index (χ2v) is 7.74. The zero-order valence-corrected chi connectivity index (χ0v) is 14.6. The number of hydrogen-bond donors (Lipinski definition) is 3. The minimum atomic E-state index is -0.290. The molecule has 0 aliphatic rings. The third-order valence-corrected chi connectivity index (χ3v) is 6.26. The van der Waals surface area contributed by atoms with Crippen LogP contribution < -0.4 is 0 Å². The molecule has 0 unspecified atom stereocenters. The number of aliphatic hydroxyl groups excluding tert-OH is 3. The smallest absolute Gasteiger partial charge is 0.166 e. The SMILES string of the molecule is OCc1ccc([S+](c2ccc(CO)cc2)c2ccc(CO)cc2)cc1. The van der Waals surface area contributed by atoms with E-state index >= 15 is 0 Å². The fraction of sp³-hybridized carbons (Fsp3) is 0.143. The Kier molecular flexibility index (Phi) is 5.89. The molecule has 4 heteroatoms. The molecule has 3 N–H and O–H groups in total. The van der Waals surface area contributed by atoms with E-state index in [9.17, 15) is 15.3 Å². The number of aliphatic hydroxyl groups is 3. The average molecular weight is 353 g/mol. The maximum absolute atomic E-state index is 9.27. The Morgan fingerprint density at radius 2 is 0.680 bits per heavy atom. The van der Waals surface area contributed by atoms with E-state index < -0.39 is 0 Å². The fourth-order valence-electron chi connectivity index (χ4n) is 2.60. The predicted molar refractivity (Wildman–Crippen MR) is 99.3 cm³/mol. The van der Waals surface area contributed by atoms with Crippen molar-refractivity contribution < 1.29 is 15.3 Å². The fourth-order valence-corrected chi connectivity index (χ4v) is 4.64. The monoisotopic (exact) mass is 353 g/mol. The molecule has 128 valence electrons. The number of benzene rings is 3. The molecule has 0 bridgehead atoms. The Labute approximate surface area is 150 Å². The lowest BCUT2D eigenvalue weighted by atomic mass is 10.2. The summed E-state index contributed by atoms with van der Waals surface area (Å²) in [5.74, 6) is 0. The van der Waals surface area contributed by atoms with Gasteiger partial charge in [-0.2, -0.15) is 0 Å². The largest absolute Gasteiger partial charge is 0.392 e. The third-order valence-electron chi connectivity index (χ3n) is 4.02. The van der Waals surface area contributed by atoms with Crippen LogP contribution in [0.15, 0.2) is 87.5 Å². The lowest BCUT2D eigenvalue weighted by molar-refractivity contribution is 0.281. The van der Waals surface area contributed by atoms with Crippen molar-refractivity contribution in [3.8, 4) is 0 Å². The highest BCUT2D eigenvalue weighted by atomic mass is 32.2.